The third-order valence-electron chi connectivity index (χ3n) is 4.57. The number of rotatable bonds is 6. The lowest BCUT2D eigenvalue weighted by Crippen LogP contribution is -2.52. The van der Waals surface area contributed by atoms with E-state index < -0.39 is 6.10 Å². The number of pyridine rings is 1. The molecule has 1 fully saturated rings. The Labute approximate surface area is 183 Å². The van der Waals surface area contributed by atoms with Gasteiger partial charge in [0.2, 0.25) is 0 Å². The van der Waals surface area contributed by atoms with Crippen molar-refractivity contribution in [3.8, 4) is 0 Å². The summed E-state index contributed by atoms with van der Waals surface area (Å²) >= 11 is 0. The molecule has 0 saturated carbocycles. The molecule has 2 aromatic heterocycles. The van der Waals surface area contributed by atoms with Gasteiger partial charge in [-0.15, -0.1) is 24.0 Å². The minimum Gasteiger partial charge on any atom is -0.386 e. The maximum absolute atomic E-state index is 10.3. The fourth-order valence-electron chi connectivity index (χ4n) is 3.13. The molecule has 0 aromatic carbocycles. The molecule has 154 valence electrons. The minimum atomic E-state index is -0.627. The zero-order chi connectivity index (χ0) is 19.1. The summed E-state index contributed by atoms with van der Waals surface area (Å²) in [5.74, 6) is 1.69. The maximum atomic E-state index is 10.3. The molecule has 3 heterocycles. The highest BCUT2D eigenvalue weighted by Crippen LogP contribution is 2.13. The molecule has 0 bridgehead atoms. The highest BCUT2D eigenvalue weighted by Gasteiger charge is 2.21. The van der Waals surface area contributed by atoms with Gasteiger partial charge >= 0.3 is 0 Å². The molecule has 0 aliphatic carbocycles. The molecule has 9 heteroatoms. The molecule has 28 heavy (non-hydrogen) atoms. The van der Waals surface area contributed by atoms with E-state index >= 15 is 0 Å². The SMILES string of the molecule is CCNC(=NCC(O)c1ccncc1)N1CCN(Cc2cc(C)on2)CC1.I. The second kappa shape index (κ2) is 11.3. The van der Waals surface area contributed by atoms with Crippen LogP contribution in [0.15, 0.2) is 40.1 Å². The molecule has 1 unspecified atom stereocenters. The average molecular weight is 500 g/mol. The molecule has 8 nitrogen and oxygen atoms in total. The third kappa shape index (κ3) is 6.42. The Morgan fingerprint density at radius 3 is 2.61 bits per heavy atom. The van der Waals surface area contributed by atoms with E-state index in [1.807, 2.05) is 25.1 Å². The Bertz CT molecular complexity index is 731. The van der Waals surface area contributed by atoms with Gasteiger partial charge in [0, 0.05) is 57.7 Å². The van der Waals surface area contributed by atoms with Crippen LogP contribution in [0.1, 0.15) is 30.0 Å². The second-order valence-corrected chi connectivity index (χ2v) is 6.68. The van der Waals surface area contributed by atoms with Crippen LogP contribution in [0, 0.1) is 6.92 Å². The predicted octanol–water partition coefficient (Wildman–Crippen LogP) is 1.81. The summed E-state index contributed by atoms with van der Waals surface area (Å²) in [6.07, 6.45) is 2.74. The van der Waals surface area contributed by atoms with Gasteiger partial charge in [-0.2, -0.15) is 0 Å². The summed E-state index contributed by atoms with van der Waals surface area (Å²) in [5.41, 5.74) is 1.80. The van der Waals surface area contributed by atoms with E-state index in [-0.39, 0.29) is 24.0 Å². The molecule has 1 aliphatic rings. The number of piperazine rings is 1. The fraction of sp³-hybridized carbons (Fsp3) is 0.526. The number of hydrogen-bond acceptors (Lipinski definition) is 6. The predicted molar refractivity (Wildman–Crippen MR) is 119 cm³/mol. The Kier molecular flexibility index (Phi) is 9.13. The van der Waals surface area contributed by atoms with Crippen molar-refractivity contribution in [3.05, 3.63) is 47.6 Å². The first-order valence-electron chi connectivity index (χ1n) is 9.41. The van der Waals surface area contributed by atoms with Crippen molar-refractivity contribution < 1.29 is 9.63 Å². The van der Waals surface area contributed by atoms with Gasteiger partial charge in [-0.05, 0) is 31.5 Å². The van der Waals surface area contributed by atoms with Gasteiger partial charge in [0.25, 0.3) is 0 Å². The molecule has 0 spiro atoms. The van der Waals surface area contributed by atoms with E-state index in [0.717, 1.165) is 62.2 Å². The Morgan fingerprint density at radius 2 is 2.00 bits per heavy atom. The van der Waals surface area contributed by atoms with Gasteiger partial charge < -0.3 is 19.8 Å². The van der Waals surface area contributed by atoms with E-state index in [1.54, 1.807) is 12.4 Å². The van der Waals surface area contributed by atoms with Crippen molar-refractivity contribution in [1.82, 2.24) is 25.3 Å². The van der Waals surface area contributed by atoms with Crippen LogP contribution in [0.4, 0.5) is 0 Å². The van der Waals surface area contributed by atoms with Crippen LogP contribution in [0.3, 0.4) is 0 Å². The number of aliphatic imine (C=N–C) groups is 1. The normalized spacial score (nSPS) is 16.5. The monoisotopic (exact) mass is 500 g/mol. The number of nitrogens with zero attached hydrogens (tertiary/aromatic N) is 5. The summed E-state index contributed by atoms with van der Waals surface area (Å²) in [6, 6.07) is 5.62. The second-order valence-electron chi connectivity index (χ2n) is 6.68. The minimum absolute atomic E-state index is 0. The molecule has 1 aliphatic heterocycles. The number of nitrogens with one attached hydrogen (secondary N) is 1. The van der Waals surface area contributed by atoms with Crippen molar-refractivity contribution in [3.63, 3.8) is 0 Å². The molecule has 0 amide bonds. The van der Waals surface area contributed by atoms with Crippen molar-refractivity contribution in [2.75, 3.05) is 39.3 Å². The first-order valence-corrected chi connectivity index (χ1v) is 9.41. The molecular weight excluding hydrogens is 471 g/mol. The van der Waals surface area contributed by atoms with E-state index in [1.165, 1.54) is 0 Å². The smallest absolute Gasteiger partial charge is 0.194 e. The Balaban J connectivity index is 0.00000280. The van der Waals surface area contributed by atoms with E-state index in [2.05, 4.69) is 37.2 Å². The van der Waals surface area contributed by atoms with Crippen LogP contribution in [0.25, 0.3) is 0 Å². The van der Waals surface area contributed by atoms with E-state index in [0.29, 0.717) is 6.54 Å². The van der Waals surface area contributed by atoms with Crippen LogP contribution < -0.4 is 5.32 Å². The summed E-state index contributed by atoms with van der Waals surface area (Å²) in [5, 5.41) is 17.7. The fourth-order valence-corrected chi connectivity index (χ4v) is 3.13. The van der Waals surface area contributed by atoms with Crippen molar-refractivity contribution in [1.29, 1.82) is 0 Å². The first kappa shape index (κ1) is 22.6. The molecule has 1 atom stereocenters. The van der Waals surface area contributed by atoms with Crippen LogP contribution in [-0.4, -0.2) is 70.3 Å². The van der Waals surface area contributed by atoms with Crippen LogP contribution in [-0.2, 0) is 6.54 Å². The topological polar surface area (TPSA) is 90.0 Å². The van der Waals surface area contributed by atoms with Crippen molar-refractivity contribution in [2.24, 2.45) is 4.99 Å². The maximum Gasteiger partial charge on any atom is 0.194 e. The van der Waals surface area contributed by atoms with Gasteiger partial charge in [0.15, 0.2) is 5.96 Å². The highest BCUT2D eigenvalue weighted by molar-refractivity contribution is 14.0. The first-order chi connectivity index (χ1) is 13.2. The number of aryl methyl sites for hydroxylation is 1. The zero-order valence-electron chi connectivity index (χ0n) is 16.4. The molecule has 3 rings (SSSR count). The van der Waals surface area contributed by atoms with Crippen LogP contribution in [0.5, 0.6) is 0 Å². The lowest BCUT2D eigenvalue weighted by Gasteiger charge is -2.36. The average Bonchev–Trinajstić information content (AvgIpc) is 3.11. The van der Waals surface area contributed by atoms with Gasteiger partial charge in [-0.3, -0.25) is 14.9 Å². The number of aromatic nitrogens is 2. The van der Waals surface area contributed by atoms with Gasteiger partial charge in [0.1, 0.15) is 5.76 Å². The Hall–Kier alpha value is -1.72. The number of guanidine groups is 1. The third-order valence-corrected chi connectivity index (χ3v) is 4.57. The lowest BCUT2D eigenvalue weighted by molar-refractivity contribution is 0.166. The molecule has 2 aromatic rings. The Morgan fingerprint density at radius 1 is 1.29 bits per heavy atom. The number of halogens is 1. The van der Waals surface area contributed by atoms with Crippen molar-refractivity contribution >= 4 is 29.9 Å². The summed E-state index contributed by atoms with van der Waals surface area (Å²) in [7, 11) is 0. The van der Waals surface area contributed by atoms with Crippen molar-refractivity contribution in [2.45, 2.75) is 26.5 Å². The quantitative estimate of drug-likeness (QED) is 0.355. The molecule has 1 saturated heterocycles. The van der Waals surface area contributed by atoms with Gasteiger partial charge in [0.05, 0.1) is 18.3 Å². The van der Waals surface area contributed by atoms with Gasteiger partial charge in [-0.25, -0.2) is 0 Å². The van der Waals surface area contributed by atoms with Crippen LogP contribution >= 0.6 is 24.0 Å². The largest absolute Gasteiger partial charge is 0.386 e. The summed E-state index contributed by atoms with van der Waals surface area (Å²) in [4.78, 5) is 13.2. The summed E-state index contributed by atoms with van der Waals surface area (Å²) in [6.45, 7) is 9.52. The lowest BCUT2D eigenvalue weighted by atomic mass is 10.1. The highest BCUT2D eigenvalue weighted by atomic mass is 127. The zero-order valence-corrected chi connectivity index (χ0v) is 18.7. The molecular formula is C19H29IN6O2. The van der Waals surface area contributed by atoms with Gasteiger partial charge in [-0.1, -0.05) is 5.16 Å². The molecule has 2 N–H and O–H groups in total. The number of aliphatic hydroxyl groups excluding tert-OH is 1. The van der Waals surface area contributed by atoms with E-state index in [9.17, 15) is 5.11 Å². The van der Waals surface area contributed by atoms with Crippen LogP contribution in [0.2, 0.25) is 0 Å². The number of hydrogen-bond donors (Lipinski definition) is 2. The molecule has 0 radical (unpaired) electrons. The van der Waals surface area contributed by atoms with E-state index in [4.69, 9.17) is 4.52 Å². The number of aliphatic hydroxyl groups is 1. The summed E-state index contributed by atoms with van der Waals surface area (Å²) < 4.78 is 5.14. The standard InChI is InChI=1S/C19H28N6O2.HI/c1-3-21-19(22-13-18(26)16-4-6-20-7-5-16)25-10-8-24(9-11-25)14-17-12-15(2)27-23-17;/h4-7,12,18,26H,3,8-11,13-14H2,1-2H3,(H,21,22);1H.